The summed E-state index contributed by atoms with van der Waals surface area (Å²) in [4.78, 5) is 21.2. The van der Waals surface area contributed by atoms with Crippen LogP contribution in [-0.4, -0.2) is 40.8 Å². The van der Waals surface area contributed by atoms with Crippen molar-refractivity contribution in [3.05, 3.63) is 0 Å². The van der Waals surface area contributed by atoms with Crippen LogP contribution >= 0.6 is 11.8 Å². The highest BCUT2D eigenvalue weighted by molar-refractivity contribution is 7.99. The first-order valence-corrected chi connectivity index (χ1v) is 5.73. The van der Waals surface area contributed by atoms with Crippen molar-refractivity contribution in [1.82, 2.24) is 5.32 Å². The Bertz CT molecular complexity index is 225. The number of ether oxygens (including phenoxy) is 1. The van der Waals surface area contributed by atoms with Gasteiger partial charge in [0.05, 0.1) is 5.75 Å². The van der Waals surface area contributed by atoms with Gasteiger partial charge in [-0.1, -0.05) is 0 Å². The quantitative estimate of drug-likeness (QED) is 0.703. The molecule has 0 heterocycles. The number of amides is 1. The van der Waals surface area contributed by atoms with Gasteiger partial charge in [0.1, 0.15) is 5.60 Å². The summed E-state index contributed by atoms with van der Waals surface area (Å²) in [7, 11) is 0. The van der Waals surface area contributed by atoms with Crippen LogP contribution < -0.4 is 5.32 Å². The number of aliphatic carboxylic acids is 1. The molecule has 5 nitrogen and oxygen atoms in total. The second kappa shape index (κ2) is 6.55. The van der Waals surface area contributed by atoms with Crippen LogP contribution in [0.4, 0.5) is 4.79 Å². The monoisotopic (exact) mass is 235 g/mol. The first-order chi connectivity index (χ1) is 6.81. The first-order valence-electron chi connectivity index (χ1n) is 4.57. The van der Waals surface area contributed by atoms with E-state index in [1.807, 2.05) is 0 Å². The highest BCUT2D eigenvalue weighted by atomic mass is 32.2. The van der Waals surface area contributed by atoms with Gasteiger partial charge in [-0.25, -0.2) is 4.79 Å². The fraction of sp³-hybridized carbons (Fsp3) is 0.778. The van der Waals surface area contributed by atoms with Gasteiger partial charge in [0, 0.05) is 12.3 Å². The van der Waals surface area contributed by atoms with Gasteiger partial charge < -0.3 is 15.2 Å². The van der Waals surface area contributed by atoms with Crippen LogP contribution in [0, 0.1) is 0 Å². The number of hydrogen-bond acceptors (Lipinski definition) is 4. The third-order valence-corrected chi connectivity index (χ3v) is 2.08. The molecule has 0 fully saturated rings. The van der Waals surface area contributed by atoms with Gasteiger partial charge in [0.25, 0.3) is 0 Å². The van der Waals surface area contributed by atoms with Crippen LogP contribution in [0.5, 0.6) is 0 Å². The summed E-state index contributed by atoms with van der Waals surface area (Å²) in [6, 6.07) is 0. The summed E-state index contributed by atoms with van der Waals surface area (Å²) in [5.41, 5.74) is -0.502. The minimum Gasteiger partial charge on any atom is -0.481 e. The molecular weight excluding hydrogens is 218 g/mol. The highest BCUT2D eigenvalue weighted by Crippen LogP contribution is 2.06. The van der Waals surface area contributed by atoms with E-state index in [0.29, 0.717) is 12.3 Å². The average molecular weight is 235 g/mol. The molecule has 0 atom stereocenters. The molecule has 0 saturated heterocycles. The van der Waals surface area contributed by atoms with Gasteiger partial charge in [0.15, 0.2) is 0 Å². The van der Waals surface area contributed by atoms with Crippen molar-refractivity contribution >= 4 is 23.8 Å². The van der Waals surface area contributed by atoms with E-state index in [0.717, 1.165) is 0 Å². The summed E-state index contributed by atoms with van der Waals surface area (Å²) < 4.78 is 4.99. The number of thioether (sulfide) groups is 1. The van der Waals surface area contributed by atoms with Crippen LogP contribution in [0.3, 0.4) is 0 Å². The van der Waals surface area contributed by atoms with E-state index in [4.69, 9.17) is 9.84 Å². The van der Waals surface area contributed by atoms with E-state index in [-0.39, 0.29) is 5.75 Å². The van der Waals surface area contributed by atoms with Crippen molar-refractivity contribution in [1.29, 1.82) is 0 Å². The van der Waals surface area contributed by atoms with Gasteiger partial charge in [-0.05, 0) is 20.8 Å². The molecule has 0 aliphatic carbocycles. The molecular formula is C9H17NO4S. The molecule has 2 N–H and O–H groups in total. The topological polar surface area (TPSA) is 75.6 Å². The second-order valence-electron chi connectivity index (χ2n) is 3.87. The molecule has 0 aromatic rings. The fourth-order valence-electron chi connectivity index (χ4n) is 0.699. The lowest BCUT2D eigenvalue weighted by Crippen LogP contribution is -2.33. The Balaban J connectivity index is 3.44. The molecule has 0 bridgehead atoms. The molecule has 0 aliphatic heterocycles. The van der Waals surface area contributed by atoms with Crippen LogP contribution in [-0.2, 0) is 9.53 Å². The Labute approximate surface area is 93.6 Å². The minimum atomic E-state index is -0.850. The van der Waals surface area contributed by atoms with Crippen molar-refractivity contribution < 1.29 is 19.4 Å². The first kappa shape index (κ1) is 14.1. The number of nitrogens with one attached hydrogen (secondary N) is 1. The van der Waals surface area contributed by atoms with E-state index in [1.165, 1.54) is 11.8 Å². The number of carboxylic acids is 1. The summed E-state index contributed by atoms with van der Waals surface area (Å²) in [6.45, 7) is 5.76. The Morgan fingerprint density at radius 2 is 2.00 bits per heavy atom. The molecule has 0 aliphatic rings. The Kier molecular flexibility index (Phi) is 6.15. The van der Waals surface area contributed by atoms with Crippen molar-refractivity contribution in [3.63, 3.8) is 0 Å². The van der Waals surface area contributed by atoms with Crippen molar-refractivity contribution in [2.75, 3.05) is 18.1 Å². The van der Waals surface area contributed by atoms with Gasteiger partial charge >= 0.3 is 12.1 Å². The normalized spacial score (nSPS) is 10.9. The lowest BCUT2D eigenvalue weighted by Gasteiger charge is -2.19. The molecule has 1 amide bonds. The minimum absolute atomic E-state index is 0.0516. The van der Waals surface area contributed by atoms with Gasteiger partial charge in [-0.2, -0.15) is 0 Å². The summed E-state index contributed by atoms with van der Waals surface area (Å²) in [5.74, 6) is -0.237. The summed E-state index contributed by atoms with van der Waals surface area (Å²) in [5, 5.41) is 10.9. The molecule has 0 unspecified atom stereocenters. The summed E-state index contributed by atoms with van der Waals surface area (Å²) in [6.07, 6.45) is -0.474. The smallest absolute Gasteiger partial charge is 0.407 e. The van der Waals surface area contributed by atoms with Crippen molar-refractivity contribution in [2.45, 2.75) is 26.4 Å². The fourth-order valence-corrected chi connectivity index (χ4v) is 1.26. The maximum absolute atomic E-state index is 11.1. The molecule has 0 saturated carbocycles. The predicted octanol–water partition coefficient (Wildman–Crippen LogP) is 1.33. The molecule has 0 rings (SSSR count). The van der Waals surface area contributed by atoms with Crippen LogP contribution in [0.15, 0.2) is 0 Å². The lowest BCUT2D eigenvalue weighted by molar-refractivity contribution is -0.133. The number of carboxylic acid groups (broad SMARTS) is 1. The summed E-state index contributed by atoms with van der Waals surface area (Å²) >= 11 is 1.25. The third kappa shape index (κ3) is 11.0. The van der Waals surface area contributed by atoms with Crippen LogP contribution in [0.1, 0.15) is 20.8 Å². The lowest BCUT2D eigenvalue weighted by atomic mass is 10.2. The zero-order chi connectivity index (χ0) is 11.9. The van der Waals surface area contributed by atoms with Gasteiger partial charge in [-0.3, -0.25) is 4.79 Å². The van der Waals surface area contributed by atoms with E-state index >= 15 is 0 Å². The second-order valence-corrected chi connectivity index (χ2v) is 4.98. The Morgan fingerprint density at radius 3 is 2.47 bits per heavy atom. The standard InChI is InChI=1S/C9H17NO4S/c1-9(2,3)14-8(13)10-4-5-15-6-7(11)12/h4-6H2,1-3H3,(H,10,13)(H,11,12). The Hall–Kier alpha value is -0.910. The maximum atomic E-state index is 11.1. The third-order valence-electron chi connectivity index (χ3n) is 1.14. The van der Waals surface area contributed by atoms with E-state index in [2.05, 4.69) is 5.32 Å². The van der Waals surface area contributed by atoms with Gasteiger partial charge in [-0.15, -0.1) is 11.8 Å². The molecule has 0 aromatic heterocycles. The number of carbonyl (C=O) groups is 2. The van der Waals surface area contributed by atoms with Crippen molar-refractivity contribution in [2.24, 2.45) is 0 Å². The van der Waals surface area contributed by atoms with E-state index in [9.17, 15) is 9.59 Å². The van der Waals surface area contributed by atoms with Crippen molar-refractivity contribution in [3.8, 4) is 0 Å². The molecule has 88 valence electrons. The zero-order valence-electron chi connectivity index (χ0n) is 9.20. The SMILES string of the molecule is CC(C)(C)OC(=O)NCCSCC(=O)O. The Morgan fingerprint density at radius 1 is 1.40 bits per heavy atom. The van der Waals surface area contributed by atoms with Crippen LogP contribution in [0.2, 0.25) is 0 Å². The predicted molar refractivity (Wildman–Crippen MR) is 59.2 cm³/mol. The molecule has 0 radical (unpaired) electrons. The van der Waals surface area contributed by atoms with E-state index < -0.39 is 17.7 Å². The number of alkyl carbamates (subject to hydrolysis) is 1. The highest BCUT2D eigenvalue weighted by Gasteiger charge is 2.15. The maximum Gasteiger partial charge on any atom is 0.407 e. The zero-order valence-corrected chi connectivity index (χ0v) is 10.0. The molecule has 15 heavy (non-hydrogen) atoms. The number of carbonyl (C=O) groups excluding carboxylic acids is 1. The molecule has 0 spiro atoms. The largest absolute Gasteiger partial charge is 0.481 e. The number of hydrogen-bond donors (Lipinski definition) is 2. The van der Waals surface area contributed by atoms with Gasteiger partial charge in [0.2, 0.25) is 0 Å². The molecule has 6 heteroatoms. The number of rotatable bonds is 5. The van der Waals surface area contributed by atoms with Crippen LogP contribution in [0.25, 0.3) is 0 Å². The van der Waals surface area contributed by atoms with E-state index in [1.54, 1.807) is 20.8 Å². The average Bonchev–Trinajstić information content (AvgIpc) is 1.99. The molecule has 0 aromatic carbocycles.